The van der Waals surface area contributed by atoms with Crippen LogP contribution in [0, 0.1) is 0 Å². The Labute approximate surface area is 179 Å². The predicted molar refractivity (Wildman–Crippen MR) is 116 cm³/mol. The first-order chi connectivity index (χ1) is 14.6. The van der Waals surface area contributed by atoms with Crippen LogP contribution < -0.4 is 5.32 Å². The van der Waals surface area contributed by atoms with Crippen LogP contribution in [-0.4, -0.2) is 73.1 Å². The summed E-state index contributed by atoms with van der Waals surface area (Å²) in [7, 11) is 0. The summed E-state index contributed by atoms with van der Waals surface area (Å²) in [5.74, 6) is 0.327. The van der Waals surface area contributed by atoms with Crippen molar-refractivity contribution in [3.8, 4) is 0 Å². The number of likely N-dealkylation sites (tertiary alicyclic amines) is 1. The molecule has 1 aliphatic carbocycles. The Kier molecular flexibility index (Phi) is 6.74. The van der Waals surface area contributed by atoms with Gasteiger partial charge in [0.25, 0.3) is 0 Å². The summed E-state index contributed by atoms with van der Waals surface area (Å²) in [6, 6.07) is 11.0. The number of nitrogens with zero attached hydrogens (tertiary/aromatic N) is 2. The van der Waals surface area contributed by atoms with Crippen molar-refractivity contribution in [3.63, 3.8) is 0 Å². The maximum Gasteiger partial charge on any atom is 0.230 e. The second-order valence-corrected chi connectivity index (χ2v) is 9.05. The second kappa shape index (κ2) is 9.48. The maximum absolute atomic E-state index is 13.0. The Hall–Kier alpha value is -1.92. The topological polar surface area (TPSA) is 61.9 Å². The van der Waals surface area contributed by atoms with Gasteiger partial charge in [0.1, 0.15) is 0 Å². The van der Waals surface area contributed by atoms with Gasteiger partial charge >= 0.3 is 0 Å². The van der Waals surface area contributed by atoms with E-state index in [1.54, 1.807) is 6.92 Å². The van der Waals surface area contributed by atoms with Crippen LogP contribution in [-0.2, 0) is 19.7 Å². The van der Waals surface area contributed by atoms with Crippen LogP contribution in [0.5, 0.6) is 0 Å². The molecule has 3 aliphatic rings. The van der Waals surface area contributed by atoms with E-state index in [-0.39, 0.29) is 17.2 Å². The van der Waals surface area contributed by atoms with Crippen molar-refractivity contribution in [1.29, 1.82) is 0 Å². The number of amides is 2. The van der Waals surface area contributed by atoms with Crippen molar-refractivity contribution in [2.45, 2.75) is 62.9 Å². The van der Waals surface area contributed by atoms with Gasteiger partial charge in [0, 0.05) is 58.4 Å². The van der Waals surface area contributed by atoms with E-state index < -0.39 is 0 Å². The lowest BCUT2D eigenvalue weighted by atomic mass is 9.95. The van der Waals surface area contributed by atoms with E-state index in [4.69, 9.17) is 4.74 Å². The molecule has 0 aromatic heterocycles. The van der Waals surface area contributed by atoms with E-state index in [0.717, 1.165) is 76.9 Å². The Bertz CT molecular complexity index is 728. The van der Waals surface area contributed by atoms with Gasteiger partial charge in [-0.1, -0.05) is 30.3 Å². The van der Waals surface area contributed by atoms with Crippen molar-refractivity contribution in [2.75, 3.05) is 39.4 Å². The summed E-state index contributed by atoms with van der Waals surface area (Å²) in [5, 5.41) is 3.23. The van der Waals surface area contributed by atoms with Gasteiger partial charge in [0.05, 0.1) is 5.41 Å². The molecule has 6 heteroatoms. The highest BCUT2D eigenvalue weighted by molar-refractivity contribution is 5.91. The number of carbonyl (C=O) groups excluding carboxylic acids is 2. The summed E-state index contributed by atoms with van der Waals surface area (Å²) in [4.78, 5) is 29.5. The van der Waals surface area contributed by atoms with E-state index in [9.17, 15) is 9.59 Å². The minimum atomic E-state index is -0.318. The minimum absolute atomic E-state index is 0.162. The van der Waals surface area contributed by atoms with E-state index in [1.807, 2.05) is 23.1 Å². The third kappa shape index (κ3) is 4.70. The first kappa shape index (κ1) is 21.3. The van der Waals surface area contributed by atoms with Crippen molar-refractivity contribution >= 4 is 11.8 Å². The summed E-state index contributed by atoms with van der Waals surface area (Å²) < 4.78 is 5.58. The molecule has 1 aromatic rings. The summed E-state index contributed by atoms with van der Waals surface area (Å²) in [5.41, 5.74) is 0.814. The quantitative estimate of drug-likeness (QED) is 0.745. The zero-order valence-corrected chi connectivity index (χ0v) is 18.1. The van der Waals surface area contributed by atoms with E-state index in [0.29, 0.717) is 18.6 Å². The fourth-order valence-corrected chi connectivity index (χ4v) is 5.19. The molecular weight excluding hydrogens is 378 g/mol. The van der Waals surface area contributed by atoms with Crippen LogP contribution in [0.15, 0.2) is 30.3 Å². The molecule has 3 fully saturated rings. The summed E-state index contributed by atoms with van der Waals surface area (Å²) in [6.45, 7) is 6.42. The van der Waals surface area contributed by atoms with Gasteiger partial charge in [-0.3, -0.25) is 14.5 Å². The van der Waals surface area contributed by atoms with Gasteiger partial charge < -0.3 is 15.0 Å². The van der Waals surface area contributed by atoms with Gasteiger partial charge in [-0.2, -0.15) is 0 Å². The molecule has 4 rings (SSSR count). The van der Waals surface area contributed by atoms with Gasteiger partial charge in [-0.15, -0.1) is 0 Å². The normalized spacial score (nSPS) is 23.9. The fourth-order valence-electron chi connectivity index (χ4n) is 5.19. The molecule has 1 aromatic carbocycles. The van der Waals surface area contributed by atoms with Crippen LogP contribution in [0.2, 0.25) is 0 Å². The molecule has 2 heterocycles. The molecular formula is C24H35N3O3. The lowest BCUT2D eigenvalue weighted by Gasteiger charge is -2.44. The van der Waals surface area contributed by atoms with Gasteiger partial charge in [-0.25, -0.2) is 0 Å². The molecule has 164 valence electrons. The summed E-state index contributed by atoms with van der Waals surface area (Å²) in [6.07, 6.45) is 6.08. The largest absolute Gasteiger partial charge is 0.381 e. The molecule has 0 radical (unpaired) electrons. The van der Waals surface area contributed by atoms with Crippen LogP contribution in [0.1, 0.15) is 51.0 Å². The zero-order valence-electron chi connectivity index (χ0n) is 18.1. The highest BCUT2D eigenvalue weighted by atomic mass is 16.5. The molecule has 1 N–H and O–H groups in total. The van der Waals surface area contributed by atoms with Gasteiger partial charge in [0.2, 0.25) is 11.8 Å². The molecule has 6 nitrogen and oxygen atoms in total. The molecule has 2 saturated heterocycles. The molecule has 1 atom stereocenters. The maximum atomic E-state index is 13.0. The van der Waals surface area contributed by atoms with Crippen molar-refractivity contribution in [2.24, 2.45) is 0 Å². The van der Waals surface area contributed by atoms with E-state index in [2.05, 4.69) is 22.3 Å². The number of benzene rings is 1. The predicted octanol–water partition coefficient (Wildman–Crippen LogP) is 2.33. The Morgan fingerprint density at radius 3 is 2.53 bits per heavy atom. The molecule has 0 spiro atoms. The lowest BCUT2D eigenvalue weighted by molar-refractivity contribution is -0.131. The fraction of sp³-hybridized carbons (Fsp3) is 0.667. The second-order valence-electron chi connectivity index (χ2n) is 9.05. The first-order valence-electron chi connectivity index (χ1n) is 11.5. The van der Waals surface area contributed by atoms with Crippen LogP contribution in [0.4, 0.5) is 0 Å². The highest BCUT2D eigenvalue weighted by Crippen LogP contribution is 2.48. The Balaban J connectivity index is 1.37. The average molecular weight is 414 g/mol. The molecule has 0 bridgehead atoms. The Morgan fingerprint density at radius 1 is 1.13 bits per heavy atom. The van der Waals surface area contributed by atoms with E-state index in [1.165, 1.54) is 0 Å². The average Bonchev–Trinajstić information content (AvgIpc) is 3.60. The molecule has 2 amide bonds. The number of nitrogens with one attached hydrogen (secondary N) is 1. The number of carbonyl (C=O) groups is 2. The van der Waals surface area contributed by atoms with Gasteiger partial charge in [0.15, 0.2) is 0 Å². The molecule has 30 heavy (non-hydrogen) atoms. The zero-order chi connectivity index (χ0) is 21.0. The van der Waals surface area contributed by atoms with Crippen LogP contribution in [0.25, 0.3) is 0 Å². The monoisotopic (exact) mass is 413 g/mol. The number of rotatable bonds is 7. The Morgan fingerprint density at radius 2 is 1.87 bits per heavy atom. The standard InChI is InChI=1S/C24H35N3O3/c1-19(28)26-14-5-8-22(18-26)27(21-9-16-30-17-10-21)15-13-25-23(29)24(11-12-24)20-6-3-2-4-7-20/h2-4,6-7,21-22H,5,8-18H2,1H3,(H,25,29). The van der Waals surface area contributed by atoms with Crippen molar-refractivity contribution < 1.29 is 14.3 Å². The van der Waals surface area contributed by atoms with Crippen LogP contribution in [0.3, 0.4) is 0 Å². The van der Waals surface area contributed by atoms with E-state index >= 15 is 0 Å². The van der Waals surface area contributed by atoms with Crippen molar-refractivity contribution in [1.82, 2.24) is 15.1 Å². The molecule has 1 unspecified atom stereocenters. The number of ether oxygens (including phenoxy) is 1. The highest BCUT2D eigenvalue weighted by Gasteiger charge is 2.51. The smallest absolute Gasteiger partial charge is 0.230 e. The lowest BCUT2D eigenvalue weighted by Crippen LogP contribution is -2.55. The van der Waals surface area contributed by atoms with Crippen LogP contribution >= 0.6 is 0 Å². The van der Waals surface area contributed by atoms with Crippen molar-refractivity contribution in [3.05, 3.63) is 35.9 Å². The van der Waals surface area contributed by atoms with Gasteiger partial charge in [-0.05, 0) is 44.1 Å². The summed E-state index contributed by atoms with van der Waals surface area (Å²) >= 11 is 0. The molecule has 2 aliphatic heterocycles. The molecule has 1 saturated carbocycles. The SMILES string of the molecule is CC(=O)N1CCCC(N(CCNC(=O)C2(c3ccccc3)CC2)C2CCOCC2)C1. The number of hydrogen-bond donors (Lipinski definition) is 1. The number of hydrogen-bond acceptors (Lipinski definition) is 4. The third-order valence-electron chi connectivity index (χ3n) is 7.14. The minimum Gasteiger partial charge on any atom is -0.381 e. The third-order valence-corrected chi connectivity index (χ3v) is 7.14. The first-order valence-corrected chi connectivity index (χ1v) is 11.5. The number of piperidine rings is 1.